The number of anilines is 1. The van der Waals surface area contributed by atoms with Gasteiger partial charge in [-0.15, -0.1) is 0 Å². The van der Waals surface area contributed by atoms with Gasteiger partial charge in [-0.3, -0.25) is 4.31 Å². The lowest BCUT2D eigenvalue weighted by Crippen LogP contribution is -2.29. The van der Waals surface area contributed by atoms with Gasteiger partial charge in [-0.1, -0.05) is 36.0 Å². The molecule has 1 heterocycles. The molecule has 0 aromatic heterocycles. The largest absolute Gasteiger partial charge is 0.497 e. The number of hydrogen-bond acceptors (Lipinski definition) is 4. The third-order valence-corrected chi connectivity index (χ3v) is 5.87. The highest BCUT2D eigenvalue weighted by Gasteiger charge is 2.36. The Kier molecular flexibility index (Phi) is 3.59. The summed E-state index contributed by atoms with van der Waals surface area (Å²) in [6.07, 6.45) is 1.24. The molecule has 1 aliphatic heterocycles. The zero-order chi connectivity index (χ0) is 15.0. The summed E-state index contributed by atoms with van der Waals surface area (Å²) in [5.41, 5.74) is 1.67. The molecule has 2 aromatic carbocycles. The molecule has 6 heteroatoms. The van der Waals surface area contributed by atoms with Crippen molar-refractivity contribution in [2.24, 2.45) is 0 Å². The molecular formula is C15H15NO3S2. The van der Waals surface area contributed by atoms with Crippen molar-refractivity contribution in [1.29, 1.82) is 0 Å². The Morgan fingerprint density at radius 1 is 1.10 bits per heavy atom. The number of fused-ring (bicyclic) bond motifs is 1. The normalized spacial score (nSPS) is 17.6. The minimum absolute atomic E-state index is 0.275. The summed E-state index contributed by atoms with van der Waals surface area (Å²) in [7, 11) is -1.74. The predicted octanol–water partition coefficient (Wildman–Crippen LogP) is 3.27. The average molecular weight is 321 g/mol. The molecule has 0 spiro atoms. The maximum Gasteiger partial charge on any atom is 0.233 e. The van der Waals surface area contributed by atoms with Gasteiger partial charge in [0.05, 0.1) is 19.1 Å². The highest BCUT2D eigenvalue weighted by atomic mass is 32.2. The Morgan fingerprint density at radius 2 is 1.76 bits per heavy atom. The lowest BCUT2D eigenvalue weighted by Gasteiger charge is -2.24. The highest BCUT2D eigenvalue weighted by Crippen LogP contribution is 2.52. The molecule has 0 radical (unpaired) electrons. The summed E-state index contributed by atoms with van der Waals surface area (Å²) in [5, 5.41) is -0.275. The number of thioether (sulfide) groups is 1. The first-order valence-electron chi connectivity index (χ1n) is 6.40. The Hall–Kier alpha value is -1.66. The number of nitrogens with zero attached hydrogens (tertiary/aromatic N) is 1. The Morgan fingerprint density at radius 3 is 2.38 bits per heavy atom. The van der Waals surface area contributed by atoms with Crippen molar-refractivity contribution in [3.8, 4) is 5.75 Å². The minimum Gasteiger partial charge on any atom is -0.497 e. The summed E-state index contributed by atoms with van der Waals surface area (Å²) in [6, 6.07) is 15.1. The zero-order valence-electron chi connectivity index (χ0n) is 11.7. The molecule has 1 aliphatic rings. The van der Waals surface area contributed by atoms with E-state index in [1.165, 1.54) is 10.6 Å². The summed E-state index contributed by atoms with van der Waals surface area (Å²) in [6.45, 7) is 0. The van der Waals surface area contributed by atoms with Gasteiger partial charge in [-0.2, -0.15) is 0 Å². The molecule has 0 bridgehead atoms. The minimum atomic E-state index is -3.35. The summed E-state index contributed by atoms with van der Waals surface area (Å²) in [5.74, 6) is 0.755. The van der Waals surface area contributed by atoms with Gasteiger partial charge in [-0.05, 0) is 29.8 Å². The van der Waals surface area contributed by atoms with Crippen LogP contribution in [0.5, 0.6) is 5.75 Å². The van der Waals surface area contributed by atoms with E-state index in [-0.39, 0.29) is 5.37 Å². The zero-order valence-corrected chi connectivity index (χ0v) is 13.3. The van der Waals surface area contributed by atoms with E-state index in [1.807, 2.05) is 48.5 Å². The van der Waals surface area contributed by atoms with Crippen molar-refractivity contribution in [3.63, 3.8) is 0 Å². The smallest absolute Gasteiger partial charge is 0.233 e. The van der Waals surface area contributed by atoms with E-state index >= 15 is 0 Å². The van der Waals surface area contributed by atoms with Crippen LogP contribution in [-0.2, 0) is 10.0 Å². The third-order valence-electron chi connectivity index (χ3n) is 3.31. The van der Waals surface area contributed by atoms with E-state index in [0.29, 0.717) is 0 Å². The number of benzene rings is 2. The van der Waals surface area contributed by atoms with E-state index in [1.54, 1.807) is 18.9 Å². The Balaban J connectivity index is 2.06. The number of hydrogen-bond donors (Lipinski definition) is 0. The Bertz CT molecular complexity index is 757. The number of rotatable bonds is 3. The molecule has 0 saturated carbocycles. The molecule has 0 fully saturated rings. The van der Waals surface area contributed by atoms with Crippen molar-refractivity contribution in [2.45, 2.75) is 10.3 Å². The molecule has 21 heavy (non-hydrogen) atoms. The van der Waals surface area contributed by atoms with Crippen molar-refractivity contribution in [3.05, 3.63) is 54.1 Å². The molecule has 0 N–H and O–H groups in total. The van der Waals surface area contributed by atoms with Crippen LogP contribution in [0.25, 0.3) is 0 Å². The van der Waals surface area contributed by atoms with Crippen LogP contribution >= 0.6 is 11.8 Å². The average Bonchev–Trinajstić information content (AvgIpc) is 2.86. The quantitative estimate of drug-likeness (QED) is 0.870. The van der Waals surface area contributed by atoms with Crippen LogP contribution in [0.2, 0.25) is 0 Å². The van der Waals surface area contributed by atoms with Crippen LogP contribution in [0.4, 0.5) is 5.69 Å². The van der Waals surface area contributed by atoms with Crippen LogP contribution in [0, 0.1) is 0 Å². The van der Waals surface area contributed by atoms with Crippen LogP contribution in [0.15, 0.2) is 53.4 Å². The van der Waals surface area contributed by atoms with Crippen molar-refractivity contribution in [1.82, 2.24) is 0 Å². The Labute approximate surface area is 128 Å². The van der Waals surface area contributed by atoms with Gasteiger partial charge in [0.25, 0.3) is 0 Å². The maximum atomic E-state index is 12.2. The van der Waals surface area contributed by atoms with Gasteiger partial charge >= 0.3 is 0 Å². The van der Waals surface area contributed by atoms with Gasteiger partial charge in [0, 0.05) is 4.90 Å². The number of sulfonamides is 1. The monoisotopic (exact) mass is 321 g/mol. The lowest BCUT2D eigenvalue weighted by atomic mass is 10.2. The molecule has 0 amide bonds. The van der Waals surface area contributed by atoms with E-state index in [2.05, 4.69) is 0 Å². The summed E-state index contributed by atoms with van der Waals surface area (Å²) < 4.78 is 31.0. The summed E-state index contributed by atoms with van der Waals surface area (Å²) >= 11 is 1.54. The topological polar surface area (TPSA) is 46.6 Å². The van der Waals surface area contributed by atoms with E-state index in [4.69, 9.17) is 4.74 Å². The van der Waals surface area contributed by atoms with E-state index < -0.39 is 10.0 Å². The van der Waals surface area contributed by atoms with E-state index in [9.17, 15) is 8.42 Å². The van der Waals surface area contributed by atoms with Gasteiger partial charge in [0.15, 0.2) is 0 Å². The maximum absolute atomic E-state index is 12.2. The summed E-state index contributed by atoms with van der Waals surface area (Å²) in [4.78, 5) is 0.976. The van der Waals surface area contributed by atoms with Crippen molar-refractivity contribution in [2.75, 3.05) is 17.7 Å². The predicted molar refractivity (Wildman–Crippen MR) is 85.4 cm³/mol. The molecule has 3 rings (SSSR count). The fraction of sp³-hybridized carbons (Fsp3) is 0.200. The van der Waals surface area contributed by atoms with Crippen LogP contribution in [-0.4, -0.2) is 21.8 Å². The molecule has 1 unspecified atom stereocenters. The fourth-order valence-corrected chi connectivity index (χ4v) is 5.19. The van der Waals surface area contributed by atoms with Gasteiger partial charge in [0.1, 0.15) is 11.1 Å². The standard InChI is InChI=1S/C15H15NO3S2/c1-19-12-9-7-11(8-10-12)15-16(21(2,17)18)13-5-3-4-6-14(13)20-15/h3-10,15H,1-2H3. The highest BCUT2D eigenvalue weighted by molar-refractivity contribution is 8.02. The van der Waals surface area contributed by atoms with Gasteiger partial charge in [0.2, 0.25) is 10.0 Å². The molecule has 2 aromatic rings. The molecule has 0 saturated heterocycles. The second kappa shape index (κ2) is 5.27. The second-order valence-electron chi connectivity index (χ2n) is 4.77. The molecule has 110 valence electrons. The van der Waals surface area contributed by atoms with Gasteiger partial charge in [-0.25, -0.2) is 8.42 Å². The van der Waals surface area contributed by atoms with Crippen molar-refractivity contribution < 1.29 is 13.2 Å². The molecule has 4 nitrogen and oxygen atoms in total. The van der Waals surface area contributed by atoms with Crippen LogP contribution < -0.4 is 9.04 Å². The second-order valence-corrected chi connectivity index (χ2v) is 7.75. The first-order chi connectivity index (χ1) is 10.0. The van der Waals surface area contributed by atoms with Gasteiger partial charge < -0.3 is 4.74 Å². The number of ether oxygens (including phenoxy) is 1. The van der Waals surface area contributed by atoms with Crippen LogP contribution in [0.1, 0.15) is 10.9 Å². The first kappa shape index (κ1) is 14.3. The molecular weight excluding hydrogens is 306 g/mol. The van der Waals surface area contributed by atoms with E-state index in [0.717, 1.165) is 21.9 Å². The SMILES string of the molecule is COc1ccc(C2Sc3ccccc3N2S(C)(=O)=O)cc1. The number of para-hydroxylation sites is 1. The van der Waals surface area contributed by atoms with Crippen LogP contribution in [0.3, 0.4) is 0 Å². The molecule has 0 aliphatic carbocycles. The van der Waals surface area contributed by atoms with Crippen molar-refractivity contribution >= 4 is 27.5 Å². The first-order valence-corrected chi connectivity index (χ1v) is 9.12. The fourth-order valence-electron chi connectivity index (χ4n) is 2.36. The number of methoxy groups -OCH3 is 1. The third kappa shape index (κ3) is 2.61. The molecule has 1 atom stereocenters. The lowest BCUT2D eigenvalue weighted by molar-refractivity contribution is 0.414.